The normalized spacial score (nSPS) is 11.1. The highest BCUT2D eigenvalue weighted by atomic mass is 19.4. The minimum absolute atomic E-state index is 0.282. The predicted octanol–water partition coefficient (Wildman–Crippen LogP) is 3.77. The molecule has 3 rings (SSSR count). The van der Waals surface area contributed by atoms with Gasteiger partial charge in [0.2, 0.25) is 0 Å². The van der Waals surface area contributed by atoms with Crippen LogP contribution in [0.3, 0.4) is 0 Å². The van der Waals surface area contributed by atoms with Crippen LogP contribution in [0, 0.1) is 11.3 Å². The van der Waals surface area contributed by atoms with Crippen molar-refractivity contribution < 1.29 is 13.2 Å². The molecule has 1 aromatic carbocycles. The van der Waals surface area contributed by atoms with Crippen molar-refractivity contribution in [3.8, 4) is 11.9 Å². The van der Waals surface area contributed by atoms with Crippen molar-refractivity contribution in [1.82, 2.24) is 14.5 Å². The number of alkyl halides is 3. The molecule has 3 aromatic rings. The van der Waals surface area contributed by atoms with Gasteiger partial charge in [0.15, 0.2) is 0 Å². The number of hydrogen-bond donors (Lipinski definition) is 1. The lowest BCUT2D eigenvalue weighted by molar-refractivity contribution is -0.137. The number of rotatable bonds is 4. The molecule has 5 nitrogen and oxygen atoms in total. The molecule has 0 aliphatic rings. The number of benzene rings is 1. The summed E-state index contributed by atoms with van der Waals surface area (Å²) in [5, 5.41) is 11.7. The van der Waals surface area contributed by atoms with Crippen LogP contribution >= 0.6 is 0 Å². The van der Waals surface area contributed by atoms with Gasteiger partial charge in [-0.05, 0) is 29.8 Å². The predicted molar refractivity (Wildman–Crippen MR) is 84.8 cm³/mol. The van der Waals surface area contributed by atoms with E-state index in [0.717, 1.165) is 17.7 Å². The van der Waals surface area contributed by atoms with E-state index in [1.165, 1.54) is 6.07 Å². The third-order valence-electron chi connectivity index (χ3n) is 3.52. The number of aromatic nitrogens is 3. The van der Waals surface area contributed by atoms with Crippen molar-refractivity contribution in [1.29, 1.82) is 5.26 Å². The molecule has 8 heteroatoms. The molecule has 25 heavy (non-hydrogen) atoms. The van der Waals surface area contributed by atoms with E-state index in [0.29, 0.717) is 12.4 Å². The number of imidazole rings is 1. The van der Waals surface area contributed by atoms with Crippen LogP contribution in [0.1, 0.15) is 16.7 Å². The molecule has 1 N–H and O–H groups in total. The Morgan fingerprint density at radius 2 is 2.04 bits per heavy atom. The first-order chi connectivity index (χ1) is 12.0. The van der Waals surface area contributed by atoms with Gasteiger partial charge in [0, 0.05) is 30.8 Å². The van der Waals surface area contributed by atoms with Gasteiger partial charge in [-0.3, -0.25) is 4.57 Å². The van der Waals surface area contributed by atoms with Crippen molar-refractivity contribution in [2.75, 3.05) is 5.32 Å². The Hall–Kier alpha value is -3.34. The fraction of sp³-hybridized carbons (Fsp3) is 0.118. The Labute approximate surface area is 141 Å². The lowest BCUT2D eigenvalue weighted by atomic mass is 10.1. The van der Waals surface area contributed by atoms with Crippen molar-refractivity contribution in [2.45, 2.75) is 12.7 Å². The highest BCUT2D eigenvalue weighted by molar-refractivity contribution is 5.53. The molecule has 0 unspecified atom stereocenters. The average molecular weight is 343 g/mol. The Bertz CT molecular complexity index is 894. The minimum Gasteiger partial charge on any atom is -0.381 e. The van der Waals surface area contributed by atoms with Gasteiger partial charge in [0.1, 0.15) is 12.1 Å². The smallest absolute Gasteiger partial charge is 0.381 e. The zero-order chi connectivity index (χ0) is 17.9. The SMILES string of the molecule is N#Cc1ccc(NCc2ccc(-n3ccnc3)nc2)cc1C(F)(F)F. The fourth-order valence-electron chi connectivity index (χ4n) is 2.26. The molecular formula is C17H12F3N5. The Morgan fingerprint density at radius 1 is 1.20 bits per heavy atom. The molecule has 0 radical (unpaired) electrons. The Kier molecular flexibility index (Phi) is 4.39. The molecule has 126 valence electrons. The van der Waals surface area contributed by atoms with Gasteiger partial charge in [-0.2, -0.15) is 18.4 Å². The second kappa shape index (κ2) is 6.65. The van der Waals surface area contributed by atoms with Crippen LogP contribution in [0.4, 0.5) is 18.9 Å². The number of pyridine rings is 1. The molecule has 0 saturated heterocycles. The van der Waals surface area contributed by atoms with Crippen molar-refractivity contribution in [2.24, 2.45) is 0 Å². The molecule has 2 heterocycles. The summed E-state index contributed by atoms with van der Waals surface area (Å²) in [5.41, 5.74) is -0.259. The first-order valence-corrected chi connectivity index (χ1v) is 7.26. The second-order valence-corrected chi connectivity index (χ2v) is 5.22. The van der Waals surface area contributed by atoms with E-state index in [-0.39, 0.29) is 5.69 Å². The standard InChI is InChI=1S/C17H12F3N5/c18-17(19,20)15-7-14(3-2-13(15)8-21)23-9-12-1-4-16(24-10-12)25-6-5-22-11-25/h1-7,10-11,23H,9H2. The summed E-state index contributed by atoms with van der Waals surface area (Å²) in [6.07, 6.45) is 2.08. The Balaban J connectivity index is 1.72. The first kappa shape index (κ1) is 16.5. The quantitative estimate of drug-likeness (QED) is 0.783. The van der Waals surface area contributed by atoms with Gasteiger partial charge < -0.3 is 5.32 Å². The van der Waals surface area contributed by atoms with Gasteiger partial charge in [-0.1, -0.05) is 6.07 Å². The van der Waals surface area contributed by atoms with Crippen LogP contribution in [-0.4, -0.2) is 14.5 Å². The number of nitriles is 1. The summed E-state index contributed by atoms with van der Waals surface area (Å²) >= 11 is 0. The molecule has 0 aliphatic carbocycles. The van der Waals surface area contributed by atoms with E-state index < -0.39 is 17.3 Å². The van der Waals surface area contributed by atoms with Gasteiger partial charge in [-0.15, -0.1) is 0 Å². The third kappa shape index (κ3) is 3.77. The zero-order valence-electron chi connectivity index (χ0n) is 12.8. The van der Waals surface area contributed by atoms with Gasteiger partial charge in [0.25, 0.3) is 0 Å². The fourth-order valence-corrected chi connectivity index (χ4v) is 2.26. The van der Waals surface area contributed by atoms with E-state index >= 15 is 0 Å². The monoisotopic (exact) mass is 343 g/mol. The average Bonchev–Trinajstić information content (AvgIpc) is 3.14. The number of halogens is 3. The maximum absolute atomic E-state index is 13.0. The molecular weight excluding hydrogens is 331 g/mol. The number of nitrogens with one attached hydrogen (secondary N) is 1. The van der Waals surface area contributed by atoms with Crippen LogP contribution in [0.2, 0.25) is 0 Å². The largest absolute Gasteiger partial charge is 0.417 e. The van der Waals surface area contributed by atoms with Crippen molar-refractivity contribution in [3.05, 3.63) is 71.9 Å². The van der Waals surface area contributed by atoms with E-state index in [9.17, 15) is 13.2 Å². The highest BCUT2D eigenvalue weighted by Gasteiger charge is 2.33. The van der Waals surface area contributed by atoms with Gasteiger partial charge >= 0.3 is 6.18 Å². The summed E-state index contributed by atoms with van der Waals surface area (Å²) in [7, 11) is 0. The summed E-state index contributed by atoms with van der Waals surface area (Å²) in [5.74, 6) is 0.694. The molecule has 0 bridgehead atoms. The van der Waals surface area contributed by atoms with E-state index in [2.05, 4.69) is 15.3 Å². The van der Waals surface area contributed by atoms with Crippen LogP contribution in [-0.2, 0) is 12.7 Å². The summed E-state index contributed by atoms with van der Waals surface area (Å²) < 4.78 is 40.6. The molecule has 0 fully saturated rings. The molecule has 0 amide bonds. The Morgan fingerprint density at radius 3 is 2.64 bits per heavy atom. The molecule has 0 spiro atoms. The van der Waals surface area contributed by atoms with Crippen LogP contribution in [0.15, 0.2) is 55.2 Å². The van der Waals surface area contributed by atoms with Gasteiger partial charge in [-0.25, -0.2) is 9.97 Å². The molecule has 0 aliphatic heterocycles. The second-order valence-electron chi connectivity index (χ2n) is 5.22. The number of nitrogens with zero attached hydrogens (tertiary/aromatic N) is 4. The molecule has 0 atom stereocenters. The molecule has 2 aromatic heterocycles. The number of anilines is 1. The van der Waals surface area contributed by atoms with E-state index in [1.807, 2.05) is 6.07 Å². The zero-order valence-corrected chi connectivity index (χ0v) is 12.8. The van der Waals surface area contributed by atoms with Gasteiger partial charge in [0.05, 0.1) is 17.2 Å². The van der Waals surface area contributed by atoms with Crippen LogP contribution in [0.5, 0.6) is 0 Å². The summed E-state index contributed by atoms with van der Waals surface area (Å²) in [6, 6.07) is 8.71. The maximum atomic E-state index is 13.0. The topological polar surface area (TPSA) is 66.5 Å². The lowest BCUT2D eigenvalue weighted by Gasteiger charge is -2.12. The van der Waals surface area contributed by atoms with Crippen LogP contribution in [0.25, 0.3) is 5.82 Å². The van der Waals surface area contributed by atoms with E-state index in [1.54, 1.807) is 41.6 Å². The first-order valence-electron chi connectivity index (χ1n) is 7.26. The number of hydrogen-bond acceptors (Lipinski definition) is 4. The van der Waals surface area contributed by atoms with E-state index in [4.69, 9.17) is 5.26 Å². The molecule has 0 saturated carbocycles. The summed E-state index contributed by atoms with van der Waals surface area (Å²) in [6.45, 7) is 0.306. The minimum atomic E-state index is -4.57. The van der Waals surface area contributed by atoms with Crippen LogP contribution < -0.4 is 5.32 Å². The summed E-state index contributed by atoms with van der Waals surface area (Å²) in [4.78, 5) is 8.21. The maximum Gasteiger partial charge on any atom is 0.417 e. The van der Waals surface area contributed by atoms with Crippen molar-refractivity contribution >= 4 is 5.69 Å². The highest BCUT2D eigenvalue weighted by Crippen LogP contribution is 2.33. The third-order valence-corrected chi connectivity index (χ3v) is 3.52. The van der Waals surface area contributed by atoms with Crippen molar-refractivity contribution in [3.63, 3.8) is 0 Å². The lowest BCUT2D eigenvalue weighted by Crippen LogP contribution is -2.09.